The minimum absolute atomic E-state index is 0.273. The third-order valence-corrected chi connectivity index (χ3v) is 5.19. The molecule has 0 fully saturated rings. The van der Waals surface area contributed by atoms with Crippen LogP contribution < -0.4 is 4.31 Å². The number of benzene rings is 1. The van der Waals surface area contributed by atoms with Crippen LogP contribution >= 0.6 is 11.3 Å². The zero-order valence-corrected chi connectivity index (χ0v) is 11.1. The lowest BCUT2D eigenvalue weighted by molar-refractivity contribution is 0.594. The zero-order valence-electron chi connectivity index (χ0n) is 9.49. The van der Waals surface area contributed by atoms with E-state index in [9.17, 15) is 8.42 Å². The van der Waals surface area contributed by atoms with Crippen LogP contribution in [0.3, 0.4) is 0 Å². The molecular formula is C11H12N2O2S2. The van der Waals surface area contributed by atoms with Gasteiger partial charge in [0.05, 0.1) is 10.6 Å². The van der Waals surface area contributed by atoms with Crippen LogP contribution in [0.2, 0.25) is 0 Å². The van der Waals surface area contributed by atoms with Crippen LogP contribution in [0.5, 0.6) is 0 Å². The summed E-state index contributed by atoms with van der Waals surface area (Å²) < 4.78 is 25.7. The molecule has 1 aromatic carbocycles. The molecule has 4 nitrogen and oxygen atoms in total. The maximum absolute atomic E-state index is 12.2. The van der Waals surface area contributed by atoms with Gasteiger partial charge in [-0.25, -0.2) is 17.7 Å². The smallest absolute Gasteiger partial charge is 0.244 e. The first-order chi connectivity index (χ1) is 8.01. The summed E-state index contributed by atoms with van der Waals surface area (Å²) in [5, 5.41) is 2.30. The van der Waals surface area contributed by atoms with Gasteiger partial charge in [-0.05, 0) is 19.1 Å². The van der Waals surface area contributed by atoms with E-state index in [0.29, 0.717) is 5.13 Å². The summed E-state index contributed by atoms with van der Waals surface area (Å²) in [6.07, 6.45) is 0. The van der Waals surface area contributed by atoms with Gasteiger partial charge >= 0.3 is 0 Å². The van der Waals surface area contributed by atoms with Gasteiger partial charge in [-0.3, -0.25) is 0 Å². The van der Waals surface area contributed by atoms with E-state index in [2.05, 4.69) is 4.98 Å². The first kappa shape index (κ1) is 12.1. The summed E-state index contributed by atoms with van der Waals surface area (Å²) in [7, 11) is -1.98. The van der Waals surface area contributed by atoms with Gasteiger partial charge in [0.2, 0.25) is 0 Å². The highest BCUT2D eigenvalue weighted by atomic mass is 32.2. The first-order valence-electron chi connectivity index (χ1n) is 4.98. The molecule has 1 aromatic heterocycles. The fourth-order valence-corrected chi connectivity index (χ4v) is 3.50. The molecule has 0 aliphatic rings. The van der Waals surface area contributed by atoms with Crippen molar-refractivity contribution in [1.29, 1.82) is 0 Å². The van der Waals surface area contributed by atoms with E-state index < -0.39 is 10.0 Å². The fourth-order valence-electron chi connectivity index (χ4n) is 1.34. The van der Waals surface area contributed by atoms with Gasteiger partial charge < -0.3 is 0 Å². The predicted molar refractivity (Wildman–Crippen MR) is 68.9 cm³/mol. The highest BCUT2D eigenvalue weighted by Gasteiger charge is 2.22. The van der Waals surface area contributed by atoms with Crippen molar-refractivity contribution >= 4 is 26.5 Å². The molecule has 0 saturated carbocycles. The minimum Gasteiger partial charge on any atom is -0.244 e. The lowest BCUT2D eigenvalue weighted by atomic mass is 10.4. The van der Waals surface area contributed by atoms with Crippen molar-refractivity contribution in [2.24, 2.45) is 0 Å². The van der Waals surface area contributed by atoms with Crippen molar-refractivity contribution in [2.75, 3.05) is 11.4 Å². The largest absolute Gasteiger partial charge is 0.265 e. The number of thiazole rings is 1. The number of hydrogen-bond acceptors (Lipinski definition) is 4. The highest BCUT2D eigenvalue weighted by Crippen LogP contribution is 2.24. The van der Waals surface area contributed by atoms with Crippen LogP contribution in [0.15, 0.2) is 40.6 Å². The number of hydrogen-bond donors (Lipinski definition) is 0. The quantitative estimate of drug-likeness (QED) is 0.858. The molecule has 2 aromatic rings. The van der Waals surface area contributed by atoms with E-state index in [0.717, 1.165) is 5.69 Å². The molecule has 0 spiro atoms. The van der Waals surface area contributed by atoms with Crippen molar-refractivity contribution in [3.8, 4) is 0 Å². The Morgan fingerprint density at radius 3 is 2.41 bits per heavy atom. The molecule has 0 radical (unpaired) electrons. The summed E-state index contributed by atoms with van der Waals surface area (Å²) in [6.45, 7) is 1.84. The topological polar surface area (TPSA) is 50.3 Å². The van der Waals surface area contributed by atoms with E-state index in [1.165, 1.54) is 22.7 Å². The average Bonchev–Trinajstić information content (AvgIpc) is 2.76. The van der Waals surface area contributed by atoms with Crippen molar-refractivity contribution < 1.29 is 8.42 Å². The van der Waals surface area contributed by atoms with Gasteiger partial charge in [-0.2, -0.15) is 0 Å². The Morgan fingerprint density at radius 1 is 1.24 bits per heavy atom. The molecule has 0 amide bonds. The van der Waals surface area contributed by atoms with Crippen LogP contribution in [-0.2, 0) is 10.0 Å². The molecule has 6 heteroatoms. The molecule has 0 aliphatic heterocycles. The highest BCUT2D eigenvalue weighted by molar-refractivity contribution is 7.93. The van der Waals surface area contributed by atoms with Crippen LogP contribution in [-0.4, -0.2) is 20.4 Å². The Morgan fingerprint density at radius 2 is 1.88 bits per heavy atom. The second kappa shape index (κ2) is 4.46. The van der Waals surface area contributed by atoms with Crippen molar-refractivity contribution in [1.82, 2.24) is 4.98 Å². The maximum atomic E-state index is 12.2. The Labute approximate surface area is 105 Å². The molecule has 90 valence electrons. The summed E-state index contributed by atoms with van der Waals surface area (Å²) in [6, 6.07) is 8.34. The van der Waals surface area contributed by atoms with Gasteiger partial charge in [0.15, 0.2) is 5.13 Å². The fraction of sp³-hybridized carbons (Fsp3) is 0.182. The molecule has 0 aliphatic carbocycles. The number of sulfonamides is 1. The summed E-state index contributed by atoms with van der Waals surface area (Å²) in [5.74, 6) is 0. The third kappa shape index (κ3) is 2.32. The second-order valence-corrected chi connectivity index (χ2v) is 6.36. The summed E-state index contributed by atoms with van der Waals surface area (Å²) in [5.41, 5.74) is 0.820. The standard InChI is InChI=1S/C11H12N2O2S2/c1-9-8-16-11(12-9)13(2)17(14,15)10-6-4-3-5-7-10/h3-8H,1-2H3. The maximum Gasteiger partial charge on any atom is 0.265 e. The van der Waals surface area contributed by atoms with Gasteiger partial charge in [-0.1, -0.05) is 18.2 Å². The Balaban J connectivity index is 2.40. The van der Waals surface area contributed by atoms with Crippen molar-refractivity contribution in [3.63, 3.8) is 0 Å². The second-order valence-electron chi connectivity index (χ2n) is 3.56. The monoisotopic (exact) mass is 268 g/mol. The van der Waals surface area contributed by atoms with Crippen molar-refractivity contribution in [2.45, 2.75) is 11.8 Å². The Hall–Kier alpha value is -1.40. The zero-order chi connectivity index (χ0) is 12.5. The number of aryl methyl sites for hydroxylation is 1. The lowest BCUT2D eigenvalue weighted by Crippen LogP contribution is -2.26. The number of nitrogens with zero attached hydrogens (tertiary/aromatic N) is 2. The molecule has 0 N–H and O–H groups in total. The van der Waals surface area contributed by atoms with Crippen LogP contribution in [0, 0.1) is 6.92 Å². The lowest BCUT2D eigenvalue weighted by Gasteiger charge is -2.15. The molecule has 0 unspecified atom stereocenters. The Bertz CT molecular complexity index is 605. The van der Waals surface area contributed by atoms with Gasteiger partial charge in [-0.15, -0.1) is 11.3 Å². The van der Waals surface area contributed by atoms with E-state index in [4.69, 9.17) is 0 Å². The van der Waals surface area contributed by atoms with Crippen LogP contribution in [0.25, 0.3) is 0 Å². The van der Waals surface area contributed by atoms with E-state index in [1.807, 2.05) is 12.3 Å². The summed E-state index contributed by atoms with van der Waals surface area (Å²) >= 11 is 1.31. The molecule has 0 bridgehead atoms. The third-order valence-electron chi connectivity index (χ3n) is 2.28. The van der Waals surface area contributed by atoms with Crippen molar-refractivity contribution in [3.05, 3.63) is 41.4 Å². The molecular weight excluding hydrogens is 256 g/mol. The molecule has 17 heavy (non-hydrogen) atoms. The normalized spacial score (nSPS) is 11.4. The van der Waals surface area contributed by atoms with Crippen LogP contribution in [0.4, 0.5) is 5.13 Å². The minimum atomic E-state index is -3.50. The molecule has 2 rings (SSSR count). The Kier molecular flexibility index (Phi) is 3.17. The number of anilines is 1. The SMILES string of the molecule is Cc1csc(N(C)S(=O)(=O)c2ccccc2)n1. The summed E-state index contributed by atoms with van der Waals surface area (Å²) in [4.78, 5) is 4.44. The predicted octanol–water partition coefficient (Wildman–Crippen LogP) is 2.28. The van der Waals surface area contributed by atoms with Crippen LogP contribution in [0.1, 0.15) is 5.69 Å². The van der Waals surface area contributed by atoms with Gasteiger partial charge in [0.25, 0.3) is 10.0 Å². The van der Waals surface area contributed by atoms with E-state index in [1.54, 1.807) is 30.3 Å². The average molecular weight is 268 g/mol. The number of rotatable bonds is 3. The van der Waals surface area contributed by atoms with E-state index in [-0.39, 0.29) is 4.90 Å². The first-order valence-corrected chi connectivity index (χ1v) is 7.30. The molecule has 0 saturated heterocycles. The molecule has 0 atom stereocenters. The van der Waals surface area contributed by atoms with Gasteiger partial charge in [0.1, 0.15) is 0 Å². The molecule has 1 heterocycles. The van der Waals surface area contributed by atoms with E-state index >= 15 is 0 Å². The number of aromatic nitrogens is 1. The van der Waals surface area contributed by atoms with Gasteiger partial charge in [0, 0.05) is 12.4 Å².